The number of ether oxygens (including phenoxy) is 2. The van der Waals surface area contributed by atoms with Gasteiger partial charge in [-0.25, -0.2) is 4.57 Å². The quantitative estimate of drug-likeness (QED) is 0.0239. The first-order valence-corrected chi connectivity index (χ1v) is 22.0. The zero-order valence-corrected chi connectivity index (χ0v) is 34.4. The summed E-state index contributed by atoms with van der Waals surface area (Å²) in [4.78, 5) is 33.5. The lowest BCUT2D eigenvalue weighted by molar-refractivity contribution is -0.154. The summed E-state index contributed by atoms with van der Waals surface area (Å²) in [5, 5.41) is 8.88. The minimum atomic E-state index is -4.62. The molecule has 4 N–H and O–H groups in total. The molecule has 0 aromatic heterocycles. The summed E-state index contributed by atoms with van der Waals surface area (Å²) in [6, 6.07) is -1.48. The van der Waals surface area contributed by atoms with Crippen molar-refractivity contribution in [1.82, 2.24) is 0 Å². The average Bonchev–Trinajstić information content (AvgIpc) is 3.15. The number of allylic oxidation sites excluding steroid dienone is 12. The highest BCUT2D eigenvalue weighted by Crippen LogP contribution is 2.43. The number of rotatable bonds is 38. The fourth-order valence-corrected chi connectivity index (χ4v) is 5.82. The molecule has 0 fully saturated rings. The van der Waals surface area contributed by atoms with Crippen LogP contribution in [0.25, 0.3) is 0 Å². The fraction of sp³-hybridized carbons (Fsp3) is 0.674. The van der Waals surface area contributed by atoms with Crippen LogP contribution >= 0.6 is 7.82 Å². The summed E-state index contributed by atoms with van der Waals surface area (Å²) in [6.07, 6.45) is 46.7. The fourth-order valence-electron chi connectivity index (χ4n) is 5.04. The topological polar surface area (TPSA) is 155 Å². The molecular weight excluding hydrogens is 705 g/mol. The van der Waals surface area contributed by atoms with Gasteiger partial charge in [-0.3, -0.25) is 18.6 Å². The summed E-state index contributed by atoms with van der Waals surface area (Å²) in [5.74, 6) is -1.81. The van der Waals surface area contributed by atoms with E-state index >= 15 is 0 Å². The van der Waals surface area contributed by atoms with E-state index < -0.39 is 45.1 Å². The first-order valence-electron chi connectivity index (χ1n) is 20.5. The van der Waals surface area contributed by atoms with Gasteiger partial charge in [0.05, 0.1) is 19.8 Å². The van der Waals surface area contributed by atoms with Crippen LogP contribution in [0.3, 0.4) is 0 Å². The minimum absolute atomic E-state index is 0.000273. The Morgan fingerprint density at radius 2 is 1.07 bits per heavy atom. The van der Waals surface area contributed by atoms with Gasteiger partial charge in [-0.15, -0.1) is 0 Å². The van der Waals surface area contributed by atoms with E-state index in [1.54, 1.807) is 0 Å². The van der Waals surface area contributed by atoms with Crippen molar-refractivity contribution in [3.63, 3.8) is 0 Å². The van der Waals surface area contributed by atoms with Crippen LogP contribution in [-0.2, 0) is 32.7 Å². The molecule has 310 valence electrons. The van der Waals surface area contributed by atoms with Gasteiger partial charge >= 0.3 is 19.8 Å². The maximum Gasteiger partial charge on any atom is 0.472 e. The standard InChI is InChI=1S/C43H74NO9P/c1-3-5-7-9-11-13-15-16-17-18-19-20-21-22-23-24-25-27-29-31-33-35-42(45)53-40(38-51-54(48,49)52-39-41(44)43(46)47)37-50-36-34-32-30-28-26-14-12-10-8-6-4-2/h5,7-8,10-11,13,16-17,19-20,22-23,40-41H,3-4,6,9,12,14-15,18,21,24-39,44H2,1-2H3,(H,46,47)(H,48,49)/b7-5-,10-8-,13-11-,17-16-,20-19-,23-22-. The molecule has 0 aliphatic rings. The third-order valence-electron chi connectivity index (χ3n) is 8.20. The monoisotopic (exact) mass is 780 g/mol. The molecule has 0 radical (unpaired) electrons. The summed E-state index contributed by atoms with van der Waals surface area (Å²) >= 11 is 0. The number of carboxylic acids is 1. The Morgan fingerprint density at radius 1 is 0.611 bits per heavy atom. The number of aliphatic carboxylic acids is 1. The largest absolute Gasteiger partial charge is 0.480 e. The second kappa shape index (κ2) is 38.7. The summed E-state index contributed by atoms with van der Waals surface area (Å²) in [6.45, 7) is 3.64. The number of nitrogens with two attached hydrogens (primary N) is 1. The third kappa shape index (κ3) is 37.7. The molecule has 0 bridgehead atoms. The molecule has 0 aromatic carbocycles. The van der Waals surface area contributed by atoms with E-state index in [2.05, 4.69) is 86.8 Å². The molecule has 3 unspecified atom stereocenters. The van der Waals surface area contributed by atoms with Crippen LogP contribution in [0.2, 0.25) is 0 Å². The molecule has 0 saturated heterocycles. The van der Waals surface area contributed by atoms with Gasteiger partial charge in [0.25, 0.3) is 0 Å². The normalized spacial score (nSPS) is 14.7. The molecule has 0 aliphatic heterocycles. The molecule has 0 rings (SSSR count). The lowest BCUT2D eigenvalue weighted by atomic mass is 10.1. The van der Waals surface area contributed by atoms with Gasteiger partial charge in [0.2, 0.25) is 0 Å². The van der Waals surface area contributed by atoms with Gasteiger partial charge in [-0.05, 0) is 77.0 Å². The molecule has 0 aliphatic carbocycles. The lowest BCUT2D eigenvalue weighted by Gasteiger charge is -2.20. The molecule has 54 heavy (non-hydrogen) atoms. The highest BCUT2D eigenvalue weighted by molar-refractivity contribution is 7.47. The lowest BCUT2D eigenvalue weighted by Crippen LogP contribution is -2.34. The zero-order valence-electron chi connectivity index (χ0n) is 33.5. The van der Waals surface area contributed by atoms with E-state index in [0.717, 1.165) is 96.3 Å². The predicted molar refractivity (Wildman–Crippen MR) is 221 cm³/mol. The molecule has 3 atom stereocenters. The van der Waals surface area contributed by atoms with Crippen molar-refractivity contribution in [3.8, 4) is 0 Å². The minimum Gasteiger partial charge on any atom is -0.480 e. The SMILES string of the molecule is CC/C=C\C/C=C\C/C=C\C/C=C\C/C=C\CCCCCCCC(=O)OC(COCCCCCCCC/C=C\CCC)COP(=O)(O)OCC(N)C(=O)O. The summed E-state index contributed by atoms with van der Waals surface area (Å²) in [7, 11) is -4.62. The van der Waals surface area contributed by atoms with Gasteiger partial charge in [0.15, 0.2) is 0 Å². The van der Waals surface area contributed by atoms with Crippen molar-refractivity contribution < 1.29 is 42.7 Å². The van der Waals surface area contributed by atoms with Gasteiger partial charge in [0.1, 0.15) is 12.1 Å². The molecular formula is C43H74NO9P. The van der Waals surface area contributed by atoms with Crippen LogP contribution in [0.4, 0.5) is 0 Å². The number of hydrogen-bond donors (Lipinski definition) is 3. The number of esters is 1. The van der Waals surface area contributed by atoms with E-state index in [9.17, 15) is 19.0 Å². The van der Waals surface area contributed by atoms with Gasteiger partial charge in [-0.2, -0.15) is 0 Å². The van der Waals surface area contributed by atoms with Crippen molar-refractivity contribution >= 4 is 19.8 Å². The maximum atomic E-state index is 12.6. The number of hydrogen-bond acceptors (Lipinski definition) is 8. The first-order chi connectivity index (χ1) is 26.2. The van der Waals surface area contributed by atoms with Crippen molar-refractivity contribution in [2.75, 3.05) is 26.4 Å². The number of carbonyl (C=O) groups is 2. The smallest absolute Gasteiger partial charge is 0.472 e. The zero-order chi connectivity index (χ0) is 39.8. The Balaban J connectivity index is 4.30. The van der Waals surface area contributed by atoms with Crippen LogP contribution in [0.15, 0.2) is 72.9 Å². The van der Waals surface area contributed by atoms with Crippen molar-refractivity contribution in [2.24, 2.45) is 5.73 Å². The highest BCUT2D eigenvalue weighted by Gasteiger charge is 2.27. The van der Waals surface area contributed by atoms with Crippen LogP contribution in [0.1, 0.15) is 149 Å². The second-order valence-corrected chi connectivity index (χ2v) is 14.8. The van der Waals surface area contributed by atoms with Crippen molar-refractivity contribution in [1.29, 1.82) is 0 Å². The number of carboxylic acid groups (broad SMARTS) is 1. The van der Waals surface area contributed by atoms with Gasteiger partial charge < -0.3 is 25.2 Å². The second-order valence-electron chi connectivity index (χ2n) is 13.4. The van der Waals surface area contributed by atoms with E-state index in [1.165, 1.54) is 25.7 Å². The Hall–Kier alpha value is -2.59. The van der Waals surface area contributed by atoms with Crippen LogP contribution < -0.4 is 5.73 Å². The molecule has 0 aromatic rings. The third-order valence-corrected chi connectivity index (χ3v) is 9.15. The Labute approximate surface area is 327 Å². The van der Waals surface area contributed by atoms with E-state index in [-0.39, 0.29) is 13.0 Å². The number of phosphoric ester groups is 1. The van der Waals surface area contributed by atoms with E-state index in [4.69, 9.17) is 29.4 Å². The summed E-state index contributed by atoms with van der Waals surface area (Å²) in [5.41, 5.74) is 5.34. The first kappa shape index (κ1) is 51.4. The van der Waals surface area contributed by atoms with Crippen molar-refractivity contribution in [2.45, 2.75) is 161 Å². The van der Waals surface area contributed by atoms with Gasteiger partial charge in [-0.1, -0.05) is 138 Å². The molecule has 0 spiro atoms. The van der Waals surface area contributed by atoms with Crippen LogP contribution in [0.5, 0.6) is 0 Å². The number of phosphoric acid groups is 1. The number of unbranched alkanes of at least 4 members (excludes halogenated alkanes) is 12. The molecule has 11 heteroatoms. The Bertz CT molecular complexity index is 1130. The van der Waals surface area contributed by atoms with Crippen molar-refractivity contribution in [3.05, 3.63) is 72.9 Å². The van der Waals surface area contributed by atoms with Gasteiger partial charge in [0, 0.05) is 13.0 Å². The number of carbonyl (C=O) groups excluding carboxylic acids is 1. The van der Waals surface area contributed by atoms with E-state index in [0.29, 0.717) is 13.0 Å². The summed E-state index contributed by atoms with van der Waals surface area (Å²) < 4.78 is 33.2. The van der Waals surface area contributed by atoms with E-state index in [1.807, 2.05) is 0 Å². The molecule has 0 saturated carbocycles. The maximum absolute atomic E-state index is 12.6. The highest BCUT2D eigenvalue weighted by atomic mass is 31.2. The average molecular weight is 780 g/mol. The molecule has 0 amide bonds. The predicted octanol–water partition coefficient (Wildman–Crippen LogP) is 11.0. The Kier molecular flexibility index (Phi) is 36.8. The molecule has 10 nitrogen and oxygen atoms in total. The van der Waals surface area contributed by atoms with Crippen LogP contribution in [-0.4, -0.2) is 60.5 Å². The molecule has 0 heterocycles. The Morgan fingerprint density at radius 3 is 1.63 bits per heavy atom. The van der Waals surface area contributed by atoms with Crippen LogP contribution in [0, 0.1) is 0 Å².